The second kappa shape index (κ2) is 10.3. The molecule has 0 radical (unpaired) electrons. The molecular weight excluding hydrogens is 579 g/mol. The van der Waals surface area contributed by atoms with Crippen molar-refractivity contribution in [3.8, 4) is 6.07 Å². The van der Waals surface area contributed by atoms with Crippen LogP contribution in [0.25, 0.3) is 10.9 Å². The van der Waals surface area contributed by atoms with Gasteiger partial charge in [0.1, 0.15) is 17.8 Å². The molecule has 3 aromatic heterocycles. The maximum atomic E-state index is 15.8. The van der Waals surface area contributed by atoms with E-state index in [-0.39, 0.29) is 38.6 Å². The number of hydrogen-bond acceptors (Lipinski definition) is 7. The monoisotopic (exact) mass is 604 g/mol. The van der Waals surface area contributed by atoms with Crippen molar-refractivity contribution < 1.29 is 22.0 Å². The van der Waals surface area contributed by atoms with Crippen molar-refractivity contribution in [2.75, 3.05) is 17.2 Å². The molecule has 8 nitrogen and oxygen atoms in total. The van der Waals surface area contributed by atoms with E-state index in [0.717, 1.165) is 32.8 Å². The van der Waals surface area contributed by atoms with E-state index in [1.165, 1.54) is 23.0 Å². The highest BCUT2D eigenvalue weighted by atomic mass is 35.5. The Bertz CT molecular complexity index is 1720. The zero-order valence-corrected chi connectivity index (χ0v) is 23.8. The van der Waals surface area contributed by atoms with Crippen LogP contribution in [0, 0.1) is 35.6 Å². The molecule has 220 valence electrons. The van der Waals surface area contributed by atoms with E-state index in [9.17, 15) is 22.8 Å². The first kappa shape index (κ1) is 29.4. The van der Waals surface area contributed by atoms with Gasteiger partial charge in [0.2, 0.25) is 11.9 Å². The average Bonchev–Trinajstić information content (AvgIpc) is 3.53. The summed E-state index contributed by atoms with van der Waals surface area (Å²) in [4.78, 5) is 8.11. The van der Waals surface area contributed by atoms with Gasteiger partial charge in [0.25, 0.3) is 0 Å². The van der Waals surface area contributed by atoms with Gasteiger partial charge in [-0.3, -0.25) is 4.98 Å². The minimum Gasteiger partial charge on any atom is -0.382 e. The first-order valence-corrected chi connectivity index (χ1v) is 13.4. The van der Waals surface area contributed by atoms with Gasteiger partial charge in [0.05, 0.1) is 32.7 Å². The smallest absolute Gasteiger partial charge is 0.382 e. The van der Waals surface area contributed by atoms with Crippen LogP contribution in [0.15, 0.2) is 30.5 Å². The molecule has 4 aromatic rings. The number of hydrogen-bond donors (Lipinski definition) is 2. The van der Waals surface area contributed by atoms with Gasteiger partial charge >= 0.3 is 6.18 Å². The molecule has 1 fully saturated rings. The molecule has 1 aliphatic rings. The van der Waals surface area contributed by atoms with Crippen LogP contribution in [0.3, 0.4) is 0 Å². The van der Waals surface area contributed by atoms with Crippen molar-refractivity contribution in [1.29, 1.82) is 5.26 Å². The van der Waals surface area contributed by atoms with Crippen LogP contribution in [-0.4, -0.2) is 37.7 Å². The molecule has 1 saturated carbocycles. The molecule has 0 spiro atoms. The molecular formula is C28H26ClF5N8. The van der Waals surface area contributed by atoms with Gasteiger partial charge in [0, 0.05) is 35.1 Å². The fourth-order valence-electron chi connectivity index (χ4n) is 4.53. The van der Waals surface area contributed by atoms with Crippen LogP contribution < -0.4 is 10.6 Å². The summed E-state index contributed by atoms with van der Waals surface area (Å²) in [6.07, 6.45) is -1.81. The molecule has 1 aliphatic carbocycles. The van der Waals surface area contributed by atoms with E-state index in [0.29, 0.717) is 11.3 Å². The highest BCUT2D eigenvalue weighted by Gasteiger charge is 2.47. The topological polar surface area (TPSA) is 104 Å². The third kappa shape index (κ3) is 5.31. The first-order chi connectivity index (χ1) is 19.6. The Balaban J connectivity index is 1.61. The lowest BCUT2D eigenvalue weighted by atomic mass is 9.92. The molecule has 3 heterocycles. The summed E-state index contributed by atoms with van der Waals surface area (Å²) in [5, 5.41) is 24.2. The molecule has 1 aromatic carbocycles. The maximum Gasteiger partial charge on any atom is 0.395 e. The van der Waals surface area contributed by atoms with Gasteiger partial charge in [-0.15, -0.1) is 5.10 Å². The Labute approximate surface area is 242 Å². The fourth-order valence-corrected chi connectivity index (χ4v) is 4.80. The van der Waals surface area contributed by atoms with E-state index < -0.39 is 41.6 Å². The molecule has 0 bridgehead atoms. The lowest BCUT2D eigenvalue weighted by Crippen LogP contribution is -2.38. The predicted molar refractivity (Wildman–Crippen MR) is 147 cm³/mol. The zero-order chi connectivity index (χ0) is 30.6. The molecule has 14 heteroatoms. The number of aromatic nitrogens is 5. The van der Waals surface area contributed by atoms with Gasteiger partial charge in [-0.05, 0) is 58.7 Å². The van der Waals surface area contributed by atoms with Crippen LogP contribution in [0.1, 0.15) is 62.2 Å². The van der Waals surface area contributed by atoms with E-state index in [1.54, 1.807) is 13.0 Å². The van der Waals surface area contributed by atoms with Crippen LogP contribution in [0.2, 0.25) is 5.02 Å². The molecule has 0 amide bonds. The number of nitrogens with zero attached hydrogens (tertiary/aromatic N) is 6. The number of halogens is 6. The van der Waals surface area contributed by atoms with Gasteiger partial charge in [-0.25, -0.2) is 9.67 Å². The van der Waals surface area contributed by atoms with E-state index in [4.69, 9.17) is 11.6 Å². The van der Waals surface area contributed by atoms with Crippen molar-refractivity contribution >= 4 is 33.9 Å². The third-order valence-electron chi connectivity index (χ3n) is 7.63. The number of nitrogens with one attached hydrogen (secondary N) is 2. The molecule has 2 N–H and O–H groups in total. The van der Waals surface area contributed by atoms with Crippen LogP contribution in [-0.2, 0) is 5.54 Å². The Morgan fingerprint density at radius 3 is 2.52 bits per heavy atom. The summed E-state index contributed by atoms with van der Waals surface area (Å²) >= 11 is 6.56. The van der Waals surface area contributed by atoms with Gasteiger partial charge < -0.3 is 10.6 Å². The quantitative estimate of drug-likeness (QED) is 0.164. The number of nitriles is 1. The number of aryl methyl sites for hydroxylation is 1. The van der Waals surface area contributed by atoms with Crippen molar-refractivity contribution in [2.24, 2.45) is 5.41 Å². The summed E-state index contributed by atoms with van der Waals surface area (Å²) in [6.45, 7) is 4.99. The summed E-state index contributed by atoms with van der Waals surface area (Å²) in [6, 6.07) is 6.60. The fraction of sp³-hybridized carbons (Fsp3) is 0.393. The molecule has 42 heavy (non-hydrogen) atoms. The Morgan fingerprint density at radius 2 is 1.90 bits per heavy atom. The lowest BCUT2D eigenvalue weighted by Gasteiger charge is -2.28. The zero-order valence-electron chi connectivity index (χ0n) is 23.0. The molecule has 1 unspecified atom stereocenters. The highest BCUT2D eigenvalue weighted by Crippen LogP contribution is 2.44. The Morgan fingerprint density at radius 1 is 1.19 bits per heavy atom. The molecule has 0 saturated heterocycles. The summed E-state index contributed by atoms with van der Waals surface area (Å²) in [5.74, 6) is -1.39. The van der Waals surface area contributed by atoms with Crippen molar-refractivity contribution in [3.05, 3.63) is 69.9 Å². The minimum atomic E-state index is -4.51. The highest BCUT2D eigenvalue weighted by molar-refractivity contribution is 6.35. The van der Waals surface area contributed by atoms with Gasteiger partial charge in [-0.1, -0.05) is 22.9 Å². The maximum absolute atomic E-state index is 15.8. The average molecular weight is 605 g/mol. The first-order valence-electron chi connectivity index (χ1n) is 13.0. The number of fused-ring (bicyclic) bond motifs is 1. The minimum absolute atomic E-state index is 0.00971. The second-order valence-corrected chi connectivity index (χ2v) is 11.7. The van der Waals surface area contributed by atoms with Crippen molar-refractivity contribution in [1.82, 2.24) is 25.0 Å². The number of anilines is 2. The molecule has 0 aliphatic heterocycles. The Kier molecular flexibility index (Phi) is 7.25. The summed E-state index contributed by atoms with van der Waals surface area (Å²) < 4.78 is 71.6. The van der Waals surface area contributed by atoms with Gasteiger partial charge in [-0.2, -0.15) is 27.2 Å². The number of alkyl halides is 3. The van der Waals surface area contributed by atoms with Crippen molar-refractivity contribution in [2.45, 2.75) is 58.3 Å². The number of benzene rings is 1. The van der Waals surface area contributed by atoms with E-state index >= 15 is 4.39 Å². The lowest BCUT2D eigenvalue weighted by molar-refractivity contribution is -0.206. The SMILES string of the molecule is Cc1nc(F)ccc1C(Nc1cc(Cl)c2ncc(C#N)c(NCC(C)(C)C(F)(F)F)c2c1)c1nnn(C2(C)CC2)c1F. The standard InChI is InChI=1S/C28H26ClF5N8/c1-14-17(5-6-20(30)38-14)23(24-25(31)42(41-40-24)27(4)7-8-27)39-16-9-18-21(37-13-26(2,3)28(32,33)34)15(11-35)12-36-22(18)19(29)10-16/h5-6,9-10,12,23,39H,7-8,13H2,1-4H3,(H,36,37). The summed E-state index contributed by atoms with van der Waals surface area (Å²) in [7, 11) is 0. The molecule has 5 rings (SSSR count). The van der Waals surface area contributed by atoms with Crippen LogP contribution in [0.4, 0.5) is 33.3 Å². The third-order valence-corrected chi connectivity index (χ3v) is 7.92. The van der Waals surface area contributed by atoms with Crippen LogP contribution in [0.5, 0.6) is 0 Å². The number of rotatable bonds is 8. The van der Waals surface area contributed by atoms with Gasteiger partial charge in [0.15, 0.2) is 0 Å². The largest absolute Gasteiger partial charge is 0.395 e. The van der Waals surface area contributed by atoms with Crippen molar-refractivity contribution in [3.63, 3.8) is 0 Å². The number of pyridine rings is 2. The van der Waals surface area contributed by atoms with Crippen LogP contribution >= 0.6 is 11.6 Å². The Hall–Kier alpha value is -4.05. The second-order valence-electron chi connectivity index (χ2n) is 11.3. The molecule has 1 atom stereocenters. The predicted octanol–water partition coefficient (Wildman–Crippen LogP) is 7.04. The van der Waals surface area contributed by atoms with E-state index in [1.807, 2.05) is 13.0 Å². The normalized spacial score (nSPS) is 15.4. The summed E-state index contributed by atoms with van der Waals surface area (Å²) in [5.41, 5.74) is -1.32. The van der Waals surface area contributed by atoms with E-state index in [2.05, 4.69) is 30.9 Å².